The van der Waals surface area contributed by atoms with Crippen LogP contribution < -0.4 is 10.6 Å². The van der Waals surface area contributed by atoms with Gasteiger partial charge in [-0.2, -0.15) is 6.54 Å². The number of aromatic hydroxyl groups is 1. The number of phenols is 1. The number of phenolic OH excluding ortho intramolecular Hbond substituents is 1. The van der Waals surface area contributed by atoms with E-state index in [0.29, 0.717) is 14.3 Å². The zero-order valence-corrected chi connectivity index (χ0v) is 15.5. The number of benzene rings is 2. The Balaban J connectivity index is 0.00000106. The van der Waals surface area contributed by atoms with Crippen molar-refractivity contribution in [1.29, 1.82) is 0 Å². The van der Waals surface area contributed by atoms with E-state index in [-0.39, 0.29) is 0 Å². The maximum atomic E-state index is 9.91. The zero-order valence-electron chi connectivity index (χ0n) is 12.2. The van der Waals surface area contributed by atoms with Gasteiger partial charge >= 0.3 is 28.7 Å². The van der Waals surface area contributed by atoms with Crippen LogP contribution in [0, 0.1) is 6.92 Å². The van der Waals surface area contributed by atoms with Gasteiger partial charge in [0.25, 0.3) is 0 Å². The van der Waals surface area contributed by atoms with Crippen LogP contribution in [0.2, 0.25) is 0 Å². The van der Waals surface area contributed by atoms with Gasteiger partial charge in [-0.05, 0) is 23.9 Å². The zero-order chi connectivity index (χ0) is 15.7. The molecule has 0 bridgehead atoms. The molecule has 2 aromatic rings. The van der Waals surface area contributed by atoms with E-state index in [1.807, 2.05) is 18.2 Å². The first-order valence-corrected chi connectivity index (χ1v) is 9.83. The number of aryl methyl sites for hydroxylation is 1. The molecule has 0 heterocycles. The Hall–Kier alpha value is -0.366. The Morgan fingerprint density at radius 3 is 2.52 bits per heavy atom. The third-order valence-electron chi connectivity index (χ3n) is 3.03. The summed E-state index contributed by atoms with van der Waals surface area (Å²) in [6.07, 6.45) is 0. The van der Waals surface area contributed by atoms with Crippen LogP contribution in [-0.2, 0) is 25.9 Å². The van der Waals surface area contributed by atoms with Crippen molar-refractivity contribution in [2.24, 2.45) is 0 Å². The van der Waals surface area contributed by atoms with Gasteiger partial charge in [-0.1, -0.05) is 57.5 Å². The van der Waals surface area contributed by atoms with E-state index in [0.717, 1.165) is 18.4 Å². The number of hydrogen-bond donors (Lipinski definition) is 1. The van der Waals surface area contributed by atoms with E-state index in [1.165, 1.54) is 35.8 Å². The Morgan fingerprint density at radius 1 is 1.14 bits per heavy atom. The van der Waals surface area contributed by atoms with E-state index < -0.39 is 0 Å². The summed E-state index contributed by atoms with van der Waals surface area (Å²) in [6, 6.07) is 13.9. The monoisotopic (exact) mass is 355 g/mol. The quantitative estimate of drug-likeness (QED) is 0.640. The van der Waals surface area contributed by atoms with Gasteiger partial charge in [0.1, 0.15) is 5.75 Å². The summed E-state index contributed by atoms with van der Waals surface area (Å²) in [5.74, 6) is 0.377. The molecule has 0 aromatic heterocycles. The maximum absolute atomic E-state index is 9.91. The molecule has 0 spiro atoms. The molecule has 0 saturated carbocycles. The summed E-state index contributed by atoms with van der Waals surface area (Å²) < 4.78 is 0. The van der Waals surface area contributed by atoms with Gasteiger partial charge in [-0.3, -0.25) is 0 Å². The first-order valence-electron chi connectivity index (χ1n) is 6.68. The molecule has 0 aliphatic heterocycles. The van der Waals surface area contributed by atoms with Crippen LogP contribution in [0.4, 0.5) is 0 Å². The van der Waals surface area contributed by atoms with Crippen LogP contribution in [0.3, 0.4) is 0 Å². The molecule has 0 aliphatic rings. The van der Waals surface area contributed by atoms with Crippen molar-refractivity contribution in [2.45, 2.75) is 20.4 Å². The second kappa shape index (κ2) is 10.4. The number of rotatable bonds is 5. The van der Waals surface area contributed by atoms with Crippen LogP contribution in [-0.4, -0.2) is 11.7 Å². The molecule has 2 nitrogen and oxygen atoms in total. The summed E-state index contributed by atoms with van der Waals surface area (Å²) in [4.78, 5) is 0. The number of hydrogen-bond acceptors (Lipinski definition) is 1. The molecule has 0 fully saturated rings. The molecule has 21 heavy (non-hydrogen) atoms. The third-order valence-corrected chi connectivity index (χ3v) is 4.69. The molecule has 0 amide bonds. The van der Waals surface area contributed by atoms with Gasteiger partial charge in [0, 0.05) is 5.30 Å². The average molecular weight is 356 g/mol. The number of para-hydroxylation sites is 1. The Morgan fingerprint density at radius 2 is 1.86 bits per heavy atom. The van der Waals surface area contributed by atoms with Crippen LogP contribution in [0.5, 0.6) is 5.75 Å². The topological polar surface area (TPSA) is 34.3 Å². The van der Waals surface area contributed by atoms with Gasteiger partial charge in [-0.15, -0.1) is 6.54 Å². The van der Waals surface area contributed by atoms with E-state index in [1.54, 1.807) is 6.07 Å². The normalized spacial score (nSPS) is 10.4. The molecule has 0 aliphatic carbocycles. The van der Waals surface area contributed by atoms with Crippen molar-refractivity contribution >= 4 is 28.5 Å². The molecular formula is C16H19ClNOPTi. The summed E-state index contributed by atoms with van der Waals surface area (Å²) in [5.41, 5.74) is 2.54. The number of halogens is 1. The minimum atomic E-state index is 0.377. The van der Waals surface area contributed by atoms with Crippen molar-refractivity contribution in [2.75, 3.05) is 6.54 Å². The molecule has 0 saturated heterocycles. The molecule has 1 N–H and O–H groups in total. The summed E-state index contributed by atoms with van der Waals surface area (Å²) in [6.45, 7) is 5.78. The van der Waals surface area contributed by atoms with Crippen molar-refractivity contribution in [1.82, 2.24) is 0 Å². The fourth-order valence-corrected chi connectivity index (χ4v) is 3.25. The van der Waals surface area contributed by atoms with Crippen molar-refractivity contribution in [3.63, 3.8) is 0 Å². The van der Waals surface area contributed by atoms with Crippen LogP contribution >= 0.6 is 17.9 Å². The third kappa shape index (κ3) is 5.73. The predicted octanol–water partition coefficient (Wildman–Crippen LogP) is 3.91. The van der Waals surface area contributed by atoms with Gasteiger partial charge in [0.05, 0.1) is 0 Å². The van der Waals surface area contributed by atoms with E-state index >= 15 is 0 Å². The second-order valence-electron chi connectivity index (χ2n) is 4.45. The Labute approximate surface area is 144 Å². The first kappa shape index (κ1) is 18.7. The average Bonchev–Trinajstić information content (AvgIpc) is 2.52. The molecule has 0 radical (unpaired) electrons. The van der Waals surface area contributed by atoms with Crippen LogP contribution in [0.15, 0.2) is 42.5 Å². The molecule has 1 unspecified atom stereocenters. The van der Waals surface area contributed by atoms with Gasteiger partial charge in [-0.25, -0.2) is 0 Å². The predicted molar refractivity (Wildman–Crippen MR) is 90.3 cm³/mol. The Bertz CT molecular complexity index is 566. The second-order valence-corrected chi connectivity index (χ2v) is 5.74. The fourth-order valence-electron chi connectivity index (χ4n) is 1.99. The SMILES string of the molecule is CC[N-]Cc1cccc(C)c1Pc1ccccc1O.[Cl][Ti+]. The van der Waals surface area contributed by atoms with Crippen LogP contribution in [0.25, 0.3) is 5.32 Å². The molecule has 2 rings (SSSR count). The van der Waals surface area contributed by atoms with E-state index in [4.69, 9.17) is 0 Å². The van der Waals surface area contributed by atoms with E-state index in [2.05, 4.69) is 46.7 Å². The first-order chi connectivity index (χ1) is 10.2. The summed E-state index contributed by atoms with van der Waals surface area (Å²) in [5, 5.41) is 16.7. The van der Waals surface area contributed by atoms with E-state index in [9.17, 15) is 5.11 Å². The summed E-state index contributed by atoms with van der Waals surface area (Å²) >= 11 is 1.47. The molecule has 2 aromatic carbocycles. The Kier molecular flexibility index (Phi) is 9.23. The molecular weight excluding hydrogens is 336 g/mol. The molecule has 1 atom stereocenters. The van der Waals surface area contributed by atoms with Crippen molar-refractivity contribution < 1.29 is 24.5 Å². The van der Waals surface area contributed by atoms with Crippen LogP contribution in [0.1, 0.15) is 18.1 Å². The molecule has 5 heteroatoms. The van der Waals surface area contributed by atoms with Gasteiger partial charge < -0.3 is 10.4 Å². The standard InChI is InChI=1S/C16H19NOP.ClH.Ti/c1-3-17-11-13-8-6-7-12(2)16(13)19-15-10-5-4-9-14(15)18;;/h4-10,18-19H,3,11H2,1-2H3;1H;/q-1;;+2/p-1. The van der Waals surface area contributed by atoms with Gasteiger partial charge in [0.15, 0.2) is 0 Å². The molecule has 110 valence electrons. The van der Waals surface area contributed by atoms with Gasteiger partial charge in [0.2, 0.25) is 0 Å². The number of nitrogens with zero attached hydrogens (tertiary/aromatic N) is 1. The minimum absolute atomic E-state index is 0.377. The summed E-state index contributed by atoms with van der Waals surface area (Å²) in [7, 11) is 5.11. The van der Waals surface area contributed by atoms with Crippen molar-refractivity contribution in [3.05, 3.63) is 58.9 Å². The fraction of sp³-hybridized carbons (Fsp3) is 0.250. The van der Waals surface area contributed by atoms with Crippen molar-refractivity contribution in [3.8, 4) is 5.75 Å².